The molecule has 0 bridgehead atoms. The van der Waals surface area contributed by atoms with Crippen LogP contribution in [0.5, 0.6) is 5.75 Å². The average Bonchev–Trinajstić information content (AvgIpc) is 3.77. The molecule has 3 aliphatic rings. The Bertz CT molecular complexity index is 3030. The van der Waals surface area contributed by atoms with Gasteiger partial charge in [0.15, 0.2) is 17.2 Å². The highest BCUT2D eigenvalue weighted by Gasteiger charge is 2.42. The Kier molecular flexibility index (Phi) is 14.0. The molecule has 4 amide bonds. The molecule has 5 aromatic rings. The van der Waals surface area contributed by atoms with Crippen LogP contribution in [0.4, 0.5) is 16.2 Å². The number of hydrogen-bond donors (Lipinski definition) is 5. The number of rotatable bonds is 14. The number of sulfonamides is 1. The standard InChI is InChI=1S/C48H54ClN7O11S2/c1-27(2)55-37-23-30(11-12-35(37)56(47(55)64)36-13-14-38(57)52-44(36)60)29-15-18-53(19-16-29)46(63)51-32-9-5-7-28(21-32)26-69(65,66)54-20-17-34(24-48(54,3)4)50-33-10-6-8-31(22-33)42-40(49)41(67-25-39(58)59)43(68-42)45(61)62/h5-12,21-23,27,29,34,36,50H,13-20,24-26H2,1-4H3,(H,51,63)(H,58,59)(H,61,62)(H,52,57,60)/t34-,36?/m1/s1. The molecule has 3 aliphatic heterocycles. The van der Waals surface area contributed by atoms with Crippen LogP contribution in [0.3, 0.4) is 0 Å². The van der Waals surface area contributed by atoms with Gasteiger partial charge in [-0.25, -0.2) is 27.6 Å². The van der Waals surface area contributed by atoms with Gasteiger partial charge in [0, 0.05) is 55.1 Å². The molecule has 69 heavy (non-hydrogen) atoms. The van der Waals surface area contributed by atoms with Crippen molar-refractivity contribution in [1.29, 1.82) is 0 Å². The first-order valence-electron chi connectivity index (χ1n) is 22.7. The van der Waals surface area contributed by atoms with Crippen LogP contribution in [-0.4, -0.2) is 105 Å². The first-order chi connectivity index (χ1) is 32.7. The van der Waals surface area contributed by atoms with Crippen LogP contribution in [-0.2, 0) is 30.2 Å². The predicted molar refractivity (Wildman–Crippen MR) is 262 cm³/mol. The lowest BCUT2D eigenvalue weighted by molar-refractivity contribution is -0.139. The highest BCUT2D eigenvalue weighted by molar-refractivity contribution is 7.88. The number of carbonyl (C=O) groups excluding carboxylic acids is 3. The molecule has 0 spiro atoms. The van der Waals surface area contributed by atoms with Gasteiger partial charge in [-0.3, -0.25) is 24.0 Å². The number of aromatic carboxylic acids is 1. The van der Waals surface area contributed by atoms with Crippen molar-refractivity contribution in [2.24, 2.45) is 0 Å². The van der Waals surface area contributed by atoms with Gasteiger partial charge in [0.1, 0.15) is 11.1 Å². The van der Waals surface area contributed by atoms with Gasteiger partial charge in [-0.2, -0.15) is 4.31 Å². The van der Waals surface area contributed by atoms with Gasteiger partial charge in [-0.05, 0) is 119 Å². The number of piperidine rings is 3. The van der Waals surface area contributed by atoms with Gasteiger partial charge in [0.05, 0.1) is 21.7 Å². The summed E-state index contributed by atoms with van der Waals surface area (Å²) in [6.07, 6.45) is 2.75. The topological polar surface area (TPSA) is 239 Å². The molecule has 5 heterocycles. The summed E-state index contributed by atoms with van der Waals surface area (Å²) in [7, 11) is -3.82. The summed E-state index contributed by atoms with van der Waals surface area (Å²) >= 11 is 7.40. The number of halogens is 1. The van der Waals surface area contributed by atoms with Crippen molar-refractivity contribution in [2.45, 2.75) is 102 Å². The molecule has 0 radical (unpaired) electrons. The van der Waals surface area contributed by atoms with E-state index in [4.69, 9.17) is 21.4 Å². The number of carbonyl (C=O) groups is 5. The quantitative estimate of drug-likeness (QED) is 0.0680. The van der Waals surface area contributed by atoms with E-state index in [1.54, 1.807) is 51.9 Å². The summed E-state index contributed by atoms with van der Waals surface area (Å²) in [6, 6.07) is 18.5. The van der Waals surface area contributed by atoms with E-state index in [-0.39, 0.29) is 76.4 Å². The first-order valence-corrected chi connectivity index (χ1v) is 25.5. The molecule has 1 unspecified atom stereocenters. The molecule has 18 nitrogen and oxygen atoms in total. The lowest BCUT2D eigenvalue weighted by Gasteiger charge is -2.45. The number of nitrogens with one attached hydrogen (secondary N) is 3. The van der Waals surface area contributed by atoms with Gasteiger partial charge >= 0.3 is 23.7 Å². The number of likely N-dealkylation sites (tertiary alicyclic amines) is 1. The Morgan fingerprint density at radius 1 is 0.928 bits per heavy atom. The normalized spacial score (nSPS) is 19.1. The predicted octanol–water partition coefficient (Wildman–Crippen LogP) is 7.50. The van der Waals surface area contributed by atoms with Gasteiger partial charge in [0.25, 0.3) is 0 Å². The van der Waals surface area contributed by atoms with Crippen molar-refractivity contribution in [3.63, 3.8) is 0 Å². The number of aliphatic carboxylic acids is 1. The van der Waals surface area contributed by atoms with Gasteiger partial charge in [0.2, 0.25) is 21.8 Å². The number of carboxylic acids is 2. The van der Waals surface area contributed by atoms with E-state index in [0.29, 0.717) is 77.2 Å². The number of ether oxygens (including phenoxy) is 1. The zero-order valence-corrected chi connectivity index (χ0v) is 40.9. The second-order valence-electron chi connectivity index (χ2n) is 18.7. The first kappa shape index (κ1) is 49.2. The van der Waals surface area contributed by atoms with E-state index in [1.165, 1.54) is 8.87 Å². The second kappa shape index (κ2) is 19.6. The van der Waals surface area contributed by atoms with E-state index in [1.807, 2.05) is 52.0 Å². The maximum atomic E-state index is 14.1. The van der Waals surface area contributed by atoms with Crippen molar-refractivity contribution in [3.8, 4) is 16.2 Å². The second-order valence-corrected chi connectivity index (χ2v) is 22.0. The summed E-state index contributed by atoms with van der Waals surface area (Å²) in [5, 5.41) is 27.6. The van der Waals surface area contributed by atoms with E-state index in [2.05, 4.69) is 16.0 Å². The van der Waals surface area contributed by atoms with E-state index >= 15 is 0 Å². The van der Waals surface area contributed by atoms with Crippen LogP contribution in [0.25, 0.3) is 21.5 Å². The van der Waals surface area contributed by atoms with Crippen molar-refractivity contribution >= 4 is 85.2 Å². The number of thiophene rings is 1. The molecule has 2 aromatic heterocycles. The summed E-state index contributed by atoms with van der Waals surface area (Å²) < 4.78 is 38.1. The number of nitrogens with zero attached hydrogens (tertiary/aromatic N) is 4. The summed E-state index contributed by atoms with van der Waals surface area (Å²) in [6.45, 7) is 8.05. The molecule has 3 fully saturated rings. The van der Waals surface area contributed by atoms with Crippen molar-refractivity contribution < 1.29 is 47.3 Å². The van der Waals surface area contributed by atoms with E-state index < -0.39 is 46.1 Å². The van der Waals surface area contributed by atoms with Crippen LogP contribution in [0.2, 0.25) is 5.02 Å². The number of anilines is 2. The van der Waals surface area contributed by atoms with Crippen LogP contribution in [0.1, 0.15) is 105 Å². The number of urea groups is 1. The Balaban J connectivity index is 0.869. The molecule has 3 saturated heterocycles. The van der Waals surface area contributed by atoms with Gasteiger partial charge in [-0.15, -0.1) is 11.3 Å². The fraction of sp³-hybridized carbons (Fsp3) is 0.417. The van der Waals surface area contributed by atoms with E-state index in [9.17, 15) is 42.3 Å². The molecule has 0 aliphatic carbocycles. The van der Waals surface area contributed by atoms with Crippen LogP contribution in [0.15, 0.2) is 71.5 Å². The minimum absolute atomic E-state index is 0.00338. The number of hydrogen-bond acceptors (Lipinski definition) is 11. The van der Waals surface area contributed by atoms with Crippen molar-refractivity contribution in [1.82, 2.24) is 23.7 Å². The SMILES string of the molecule is CC(C)n1c(=O)n(C2CCC(=O)NC2=O)c2ccc(C3CCN(C(=O)Nc4cccc(CS(=O)(=O)N5CC[C@@H](Nc6cccc(-c7sc(C(=O)O)c(OCC(=O)O)c7Cl)c6)CC5(C)C)c4)CC3)cc21. The highest BCUT2D eigenvalue weighted by atomic mass is 35.5. The van der Waals surface area contributed by atoms with Crippen LogP contribution in [0, 0.1) is 0 Å². The number of imidazole rings is 1. The molecule has 5 N–H and O–H groups in total. The Morgan fingerprint density at radius 2 is 1.65 bits per heavy atom. The number of imide groups is 1. The third-order valence-electron chi connectivity index (χ3n) is 13.0. The van der Waals surface area contributed by atoms with E-state index in [0.717, 1.165) is 16.9 Å². The summed E-state index contributed by atoms with van der Waals surface area (Å²) in [5.74, 6) is -3.76. The molecule has 3 aromatic carbocycles. The molecule has 21 heteroatoms. The fourth-order valence-corrected chi connectivity index (χ4v) is 13.3. The molecule has 8 rings (SSSR count). The largest absolute Gasteiger partial charge is 0.479 e. The Labute approximate surface area is 407 Å². The monoisotopic (exact) mass is 1000 g/mol. The number of carboxylic acid groups (broad SMARTS) is 2. The lowest BCUT2D eigenvalue weighted by Crippen LogP contribution is -2.55. The minimum Gasteiger partial charge on any atom is -0.479 e. The zero-order chi connectivity index (χ0) is 49.5. The van der Waals surface area contributed by atoms with Crippen LogP contribution < -0.4 is 26.4 Å². The van der Waals surface area contributed by atoms with Gasteiger partial charge in [-0.1, -0.05) is 41.9 Å². The van der Waals surface area contributed by atoms with Crippen molar-refractivity contribution in [2.75, 3.05) is 36.9 Å². The molecule has 0 saturated carbocycles. The third kappa shape index (κ3) is 10.4. The number of aromatic nitrogens is 2. The fourth-order valence-electron chi connectivity index (χ4n) is 9.88. The molecular formula is C48H54ClN7O11S2. The van der Waals surface area contributed by atoms with Crippen LogP contribution >= 0.6 is 22.9 Å². The smallest absolute Gasteiger partial charge is 0.349 e. The summed E-state index contributed by atoms with van der Waals surface area (Å²) in [4.78, 5) is 76.8. The third-order valence-corrected chi connectivity index (χ3v) is 16.8. The number of amides is 4. The maximum absolute atomic E-state index is 14.1. The van der Waals surface area contributed by atoms with Crippen molar-refractivity contribution in [3.05, 3.63) is 98.2 Å². The minimum atomic E-state index is -3.82. The number of fused-ring (bicyclic) bond motifs is 1. The maximum Gasteiger partial charge on any atom is 0.349 e. The average molecular weight is 1000 g/mol. The zero-order valence-electron chi connectivity index (χ0n) is 38.5. The molecule has 2 atom stereocenters. The highest BCUT2D eigenvalue weighted by Crippen LogP contribution is 2.46. The van der Waals surface area contributed by atoms with Gasteiger partial charge < -0.3 is 30.5 Å². The lowest BCUT2D eigenvalue weighted by atomic mass is 9.89. The molecular weight excluding hydrogens is 950 g/mol. The molecule has 366 valence electrons. The summed E-state index contributed by atoms with van der Waals surface area (Å²) in [5.41, 5.74) is 3.61. The number of benzene rings is 3. The Morgan fingerprint density at radius 3 is 2.33 bits per heavy atom. The Hall–Kier alpha value is -6.22.